The van der Waals surface area contributed by atoms with E-state index >= 15 is 0 Å². The second kappa shape index (κ2) is 6.12. The Kier molecular flexibility index (Phi) is 4.48. The predicted octanol–water partition coefficient (Wildman–Crippen LogP) is 4.93. The normalized spacial score (nSPS) is 11.4. The zero-order chi connectivity index (χ0) is 14.7. The van der Waals surface area contributed by atoms with E-state index in [1.54, 1.807) is 48.5 Å². The van der Waals surface area contributed by atoms with Crippen molar-refractivity contribution in [3.63, 3.8) is 0 Å². The van der Waals surface area contributed by atoms with E-state index in [9.17, 15) is 9.90 Å². The molecule has 0 bridgehead atoms. The van der Waals surface area contributed by atoms with E-state index in [1.165, 1.54) is 0 Å². The molecule has 2 aromatic carbocycles. The van der Waals surface area contributed by atoms with Crippen molar-refractivity contribution >= 4 is 40.8 Å². The summed E-state index contributed by atoms with van der Waals surface area (Å²) in [5.41, 5.74) is 2.44. The van der Waals surface area contributed by atoms with Gasteiger partial charge < -0.3 is 5.11 Å². The van der Waals surface area contributed by atoms with Gasteiger partial charge in [-0.3, -0.25) is 0 Å². The lowest BCUT2D eigenvalue weighted by atomic mass is 10.0. The van der Waals surface area contributed by atoms with E-state index in [1.807, 2.05) is 6.92 Å². The number of rotatable bonds is 3. The Hall–Kier alpha value is -1.77. The van der Waals surface area contributed by atoms with Crippen LogP contribution >= 0.6 is 23.2 Å². The molecule has 102 valence electrons. The highest BCUT2D eigenvalue weighted by molar-refractivity contribution is 6.32. The first-order chi connectivity index (χ1) is 9.47. The van der Waals surface area contributed by atoms with Crippen LogP contribution in [0.25, 0.3) is 11.6 Å². The van der Waals surface area contributed by atoms with Gasteiger partial charge in [0.1, 0.15) is 0 Å². The zero-order valence-electron chi connectivity index (χ0n) is 10.7. The number of aliphatic carboxylic acids is 1. The molecule has 0 aromatic heterocycles. The van der Waals surface area contributed by atoms with Gasteiger partial charge in [-0.2, -0.15) is 0 Å². The molecule has 2 nitrogen and oxygen atoms in total. The molecule has 2 aromatic rings. The monoisotopic (exact) mass is 306 g/mol. The van der Waals surface area contributed by atoms with E-state index in [2.05, 4.69) is 0 Å². The van der Waals surface area contributed by atoms with Crippen molar-refractivity contribution in [3.05, 3.63) is 69.2 Å². The summed E-state index contributed by atoms with van der Waals surface area (Å²) >= 11 is 11.9. The van der Waals surface area contributed by atoms with Crippen LogP contribution in [0.1, 0.15) is 16.7 Å². The van der Waals surface area contributed by atoms with Crippen molar-refractivity contribution in [2.75, 3.05) is 0 Å². The van der Waals surface area contributed by atoms with Crippen LogP contribution in [0.3, 0.4) is 0 Å². The summed E-state index contributed by atoms with van der Waals surface area (Å²) in [6.45, 7) is 1.87. The fourth-order valence-corrected chi connectivity index (χ4v) is 2.06. The van der Waals surface area contributed by atoms with Crippen molar-refractivity contribution in [1.82, 2.24) is 0 Å². The molecule has 0 aliphatic rings. The highest BCUT2D eigenvalue weighted by atomic mass is 35.5. The molecule has 0 saturated heterocycles. The van der Waals surface area contributed by atoms with Gasteiger partial charge in [-0.05, 0) is 47.9 Å². The number of halogens is 2. The van der Waals surface area contributed by atoms with Crippen LogP contribution in [-0.4, -0.2) is 11.1 Å². The molecule has 2 rings (SSSR count). The summed E-state index contributed by atoms with van der Waals surface area (Å²) < 4.78 is 0. The predicted molar refractivity (Wildman–Crippen MR) is 83.1 cm³/mol. The Labute approximate surface area is 127 Å². The molecular weight excluding hydrogens is 295 g/mol. The van der Waals surface area contributed by atoms with Crippen molar-refractivity contribution in [2.24, 2.45) is 0 Å². The second-order valence-corrected chi connectivity index (χ2v) is 5.22. The number of carboxylic acid groups (broad SMARTS) is 1. The molecule has 0 aliphatic carbocycles. The molecule has 0 unspecified atom stereocenters. The SMILES string of the molecule is Cc1ccc(/C(=C/c2ccc(Cl)cc2)C(=O)O)cc1Cl. The van der Waals surface area contributed by atoms with Crippen LogP contribution in [-0.2, 0) is 4.79 Å². The molecule has 0 radical (unpaired) electrons. The molecule has 0 spiro atoms. The maximum absolute atomic E-state index is 11.4. The average Bonchev–Trinajstić information content (AvgIpc) is 2.41. The summed E-state index contributed by atoms with van der Waals surface area (Å²) in [6.07, 6.45) is 1.60. The molecule has 20 heavy (non-hydrogen) atoms. The number of carbonyl (C=O) groups is 1. The third-order valence-electron chi connectivity index (χ3n) is 2.89. The quantitative estimate of drug-likeness (QED) is 0.645. The number of benzene rings is 2. The number of hydrogen-bond donors (Lipinski definition) is 1. The Balaban J connectivity index is 2.48. The maximum atomic E-state index is 11.4. The van der Waals surface area contributed by atoms with Gasteiger partial charge >= 0.3 is 5.97 Å². The standard InChI is InChI=1S/C16H12Cl2O2/c1-10-2-5-12(9-15(10)18)14(16(19)20)8-11-3-6-13(17)7-4-11/h2-9H,1H3,(H,19,20)/b14-8-. The first-order valence-electron chi connectivity index (χ1n) is 5.94. The largest absolute Gasteiger partial charge is 0.478 e. The first-order valence-corrected chi connectivity index (χ1v) is 6.70. The van der Waals surface area contributed by atoms with E-state index in [4.69, 9.17) is 23.2 Å². The molecule has 0 fully saturated rings. The molecular formula is C16H12Cl2O2. The van der Waals surface area contributed by atoms with Gasteiger partial charge in [0.2, 0.25) is 0 Å². The lowest BCUT2D eigenvalue weighted by Gasteiger charge is -2.06. The minimum Gasteiger partial charge on any atom is -0.478 e. The number of hydrogen-bond acceptors (Lipinski definition) is 1. The summed E-state index contributed by atoms with van der Waals surface area (Å²) in [7, 11) is 0. The molecule has 1 N–H and O–H groups in total. The molecule has 0 saturated carbocycles. The summed E-state index contributed by atoms with van der Waals surface area (Å²) in [5, 5.41) is 10.5. The van der Waals surface area contributed by atoms with Gasteiger partial charge in [-0.1, -0.05) is 47.5 Å². The van der Waals surface area contributed by atoms with E-state index in [0.717, 1.165) is 11.1 Å². The summed E-state index contributed by atoms with van der Waals surface area (Å²) in [4.78, 5) is 11.4. The molecule has 0 amide bonds. The van der Waals surface area contributed by atoms with Crippen molar-refractivity contribution in [3.8, 4) is 0 Å². The Bertz CT molecular complexity index is 673. The lowest BCUT2D eigenvalue weighted by Crippen LogP contribution is -2.00. The topological polar surface area (TPSA) is 37.3 Å². The zero-order valence-corrected chi connectivity index (χ0v) is 12.2. The number of carboxylic acids is 1. The van der Waals surface area contributed by atoms with Crippen molar-refractivity contribution < 1.29 is 9.90 Å². The van der Waals surface area contributed by atoms with E-state index < -0.39 is 5.97 Å². The molecule has 0 atom stereocenters. The average molecular weight is 307 g/mol. The van der Waals surface area contributed by atoms with Crippen molar-refractivity contribution in [1.29, 1.82) is 0 Å². The summed E-state index contributed by atoms with van der Waals surface area (Å²) in [6, 6.07) is 12.2. The smallest absolute Gasteiger partial charge is 0.336 e. The van der Waals surface area contributed by atoms with Gasteiger partial charge in [0.05, 0.1) is 5.57 Å². The number of aryl methyl sites for hydroxylation is 1. The van der Waals surface area contributed by atoms with Gasteiger partial charge in [-0.15, -0.1) is 0 Å². The van der Waals surface area contributed by atoms with Gasteiger partial charge in [0.25, 0.3) is 0 Å². The second-order valence-electron chi connectivity index (χ2n) is 4.38. The maximum Gasteiger partial charge on any atom is 0.336 e. The minimum atomic E-state index is -1.00. The van der Waals surface area contributed by atoms with E-state index in [0.29, 0.717) is 15.6 Å². The van der Waals surface area contributed by atoms with Gasteiger partial charge in [0.15, 0.2) is 0 Å². The fourth-order valence-electron chi connectivity index (χ4n) is 1.75. The molecule has 0 aliphatic heterocycles. The van der Waals surface area contributed by atoms with Crippen molar-refractivity contribution in [2.45, 2.75) is 6.92 Å². The van der Waals surface area contributed by atoms with Crippen LogP contribution in [0.4, 0.5) is 0 Å². The Morgan fingerprint density at radius 1 is 1.10 bits per heavy atom. The minimum absolute atomic E-state index is 0.189. The highest BCUT2D eigenvalue weighted by Crippen LogP contribution is 2.24. The van der Waals surface area contributed by atoms with Gasteiger partial charge in [0, 0.05) is 10.0 Å². The van der Waals surface area contributed by atoms with Crippen LogP contribution in [0.2, 0.25) is 10.0 Å². The van der Waals surface area contributed by atoms with Crippen LogP contribution < -0.4 is 0 Å². The first kappa shape index (κ1) is 14.6. The van der Waals surface area contributed by atoms with E-state index in [-0.39, 0.29) is 5.57 Å². The Morgan fingerprint density at radius 2 is 1.75 bits per heavy atom. The fraction of sp³-hybridized carbons (Fsp3) is 0.0625. The third-order valence-corrected chi connectivity index (χ3v) is 3.55. The van der Waals surface area contributed by atoms with Crippen LogP contribution in [0.5, 0.6) is 0 Å². The van der Waals surface area contributed by atoms with Crippen LogP contribution in [0, 0.1) is 6.92 Å². The summed E-state index contributed by atoms with van der Waals surface area (Å²) in [5.74, 6) is -1.00. The highest BCUT2D eigenvalue weighted by Gasteiger charge is 2.11. The Morgan fingerprint density at radius 3 is 2.30 bits per heavy atom. The van der Waals surface area contributed by atoms with Gasteiger partial charge in [-0.25, -0.2) is 4.79 Å². The molecule has 0 heterocycles. The van der Waals surface area contributed by atoms with Crippen LogP contribution in [0.15, 0.2) is 42.5 Å². The molecule has 4 heteroatoms. The lowest BCUT2D eigenvalue weighted by molar-refractivity contribution is -0.130. The third kappa shape index (κ3) is 3.41.